The SMILES string of the molecule is O=S1C=CC=NS1=O. The predicted octanol–water partition coefficient (Wildman–Crippen LogP) is -0.0881. The molecule has 2 atom stereocenters. The monoisotopic (exact) mass is 149 g/mol. The van der Waals surface area contributed by atoms with Crippen molar-refractivity contribution in [3.63, 3.8) is 0 Å². The van der Waals surface area contributed by atoms with E-state index in [9.17, 15) is 8.42 Å². The van der Waals surface area contributed by atoms with Crippen LogP contribution in [0.15, 0.2) is 15.9 Å². The van der Waals surface area contributed by atoms with Crippen molar-refractivity contribution in [3.05, 3.63) is 11.5 Å². The molecule has 0 saturated heterocycles. The van der Waals surface area contributed by atoms with Crippen LogP contribution < -0.4 is 0 Å². The Morgan fingerprint density at radius 1 is 1.38 bits per heavy atom. The first-order valence-electron chi connectivity index (χ1n) is 1.84. The first-order valence-corrected chi connectivity index (χ1v) is 4.68. The molecule has 3 nitrogen and oxygen atoms in total. The van der Waals surface area contributed by atoms with Crippen LogP contribution in [0.4, 0.5) is 0 Å². The molecule has 1 aliphatic heterocycles. The highest BCUT2D eigenvalue weighted by Gasteiger charge is 2.04. The molecule has 5 heteroatoms. The van der Waals surface area contributed by atoms with Crippen molar-refractivity contribution in [1.29, 1.82) is 0 Å². The summed E-state index contributed by atoms with van der Waals surface area (Å²) >= 11 is 0. The number of hydrogen-bond donors (Lipinski definition) is 0. The molecule has 2 unspecified atom stereocenters. The molecule has 0 spiro atoms. The molecule has 1 rings (SSSR count). The van der Waals surface area contributed by atoms with Crippen LogP contribution in [0.2, 0.25) is 0 Å². The van der Waals surface area contributed by atoms with Gasteiger partial charge in [0.05, 0.1) is 0 Å². The maximum absolute atomic E-state index is 10.4. The maximum atomic E-state index is 10.4. The normalized spacial score (nSPS) is 35.5. The molecule has 0 N–H and O–H groups in total. The number of allylic oxidation sites excluding steroid dienone is 1. The fraction of sp³-hybridized carbons (Fsp3) is 0. The summed E-state index contributed by atoms with van der Waals surface area (Å²) in [6.07, 6.45) is 2.88. The van der Waals surface area contributed by atoms with Crippen LogP contribution in [0.3, 0.4) is 0 Å². The summed E-state index contributed by atoms with van der Waals surface area (Å²) in [6, 6.07) is 0. The van der Waals surface area contributed by atoms with Crippen LogP contribution in [-0.2, 0) is 19.8 Å². The zero-order valence-electron chi connectivity index (χ0n) is 3.81. The highest BCUT2D eigenvalue weighted by atomic mass is 33.1. The first-order chi connectivity index (χ1) is 3.80. The van der Waals surface area contributed by atoms with E-state index < -0.39 is 19.8 Å². The molecule has 0 fully saturated rings. The highest BCUT2D eigenvalue weighted by Crippen LogP contribution is 1.98. The Kier molecular flexibility index (Phi) is 1.69. The minimum Gasteiger partial charge on any atom is -0.239 e. The van der Waals surface area contributed by atoms with Crippen molar-refractivity contribution in [2.24, 2.45) is 4.40 Å². The average Bonchev–Trinajstić information content (AvgIpc) is 1.77. The second-order valence-corrected chi connectivity index (χ2v) is 4.34. The third kappa shape index (κ3) is 1.10. The lowest BCUT2D eigenvalue weighted by atomic mass is 10.7. The fourth-order valence-corrected chi connectivity index (χ4v) is 1.70. The van der Waals surface area contributed by atoms with Gasteiger partial charge in [-0.2, -0.15) is 4.40 Å². The Hall–Kier alpha value is -0.290. The van der Waals surface area contributed by atoms with E-state index in [2.05, 4.69) is 4.40 Å². The van der Waals surface area contributed by atoms with E-state index in [0.717, 1.165) is 0 Å². The van der Waals surface area contributed by atoms with Gasteiger partial charge in [0.2, 0.25) is 10.0 Å². The summed E-state index contributed by atoms with van der Waals surface area (Å²) in [5, 5.41) is 1.35. The summed E-state index contributed by atoms with van der Waals surface area (Å²) in [5.74, 6) is 0. The summed E-state index contributed by atoms with van der Waals surface area (Å²) in [5.41, 5.74) is 0. The van der Waals surface area contributed by atoms with Crippen LogP contribution in [-0.4, -0.2) is 14.6 Å². The Balaban J connectivity index is 2.89. The Morgan fingerprint density at radius 3 is 2.50 bits per heavy atom. The third-order valence-electron chi connectivity index (χ3n) is 0.563. The molecular weight excluding hydrogens is 146 g/mol. The van der Waals surface area contributed by atoms with Crippen LogP contribution in [0.1, 0.15) is 0 Å². The van der Waals surface area contributed by atoms with Crippen molar-refractivity contribution in [3.8, 4) is 0 Å². The smallest absolute Gasteiger partial charge is 0.236 e. The van der Waals surface area contributed by atoms with Gasteiger partial charge in [-0.15, -0.1) is 0 Å². The lowest BCUT2D eigenvalue weighted by Gasteiger charge is -1.90. The molecule has 0 aliphatic carbocycles. The molecule has 0 aromatic rings. The second-order valence-electron chi connectivity index (χ2n) is 1.06. The molecule has 0 bridgehead atoms. The van der Waals surface area contributed by atoms with E-state index in [-0.39, 0.29) is 0 Å². The van der Waals surface area contributed by atoms with Crippen molar-refractivity contribution in [2.45, 2.75) is 0 Å². The molecular formula is C3H3NO2S2. The van der Waals surface area contributed by atoms with Gasteiger partial charge in [0, 0.05) is 11.6 Å². The van der Waals surface area contributed by atoms with Crippen molar-refractivity contribution in [2.75, 3.05) is 0 Å². The van der Waals surface area contributed by atoms with E-state index in [1.807, 2.05) is 0 Å². The highest BCUT2D eigenvalue weighted by molar-refractivity contribution is 8.61. The van der Waals surface area contributed by atoms with Crippen LogP contribution in [0, 0.1) is 0 Å². The molecule has 1 aliphatic rings. The molecule has 1 heterocycles. The quantitative estimate of drug-likeness (QED) is 0.452. The van der Waals surface area contributed by atoms with Crippen molar-refractivity contribution in [1.82, 2.24) is 0 Å². The van der Waals surface area contributed by atoms with Crippen molar-refractivity contribution < 1.29 is 8.42 Å². The summed E-state index contributed by atoms with van der Waals surface area (Å²) in [6.45, 7) is 0. The minimum atomic E-state index is -1.53. The first kappa shape index (κ1) is 5.84. The van der Waals surface area contributed by atoms with Gasteiger partial charge in [-0.25, -0.2) is 8.42 Å². The molecule has 0 saturated carbocycles. The van der Waals surface area contributed by atoms with Gasteiger partial charge in [0.1, 0.15) is 0 Å². The van der Waals surface area contributed by atoms with E-state index in [4.69, 9.17) is 0 Å². The van der Waals surface area contributed by atoms with Gasteiger partial charge in [-0.05, 0) is 6.08 Å². The zero-order chi connectivity index (χ0) is 5.98. The molecule has 0 aromatic heterocycles. The molecule has 44 valence electrons. The fourth-order valence-electron chi connectivity index (χ4n) is 0.274. The van der Waals surface area contributed by atoms with E-state index in [0.29, 0.717) is 0 Å². The molecule has 0 radical (unpaired) electrons. The second kappa shape index (κ2) is 2.32. The summed E-state index contributed by atoms with van der Waals surface area (Å²) in [4.78, 5) is 0. The molecule has 8 heavy (non-hydrogen) atoms. The van der Waals surface area contributed by atoms with Gasteiger partial charge in [0.15, 0.2) is 9.83 Å². The van der Waals surface area contributed by atoms with Gasteiger partial charge < -0.3 is 0 Å². The Morgan fingerprint density at radius 2 is 2.12 bits per heavy atom. The lowest BCUT2D eigenvalue weighted by Crippen LogP contribution is -1.95. The van der Waals surface area contributed by atoms with Gasteiger partial charge >= 0.3 is 0 Å². The van der Waals surface area contributed by atoms with Gasteiger partial charge in [-0.3, -0.25) is 0 Å². The largest absolute Gasteiger partial charge is 0.239 e. The lowest BCUT2D eigenvalue weighted by molar-refractivity contribution is 0.680. The number of rotatable bonds is 0. The Labute approximate surface area is 51.0 Å². The van der Waals surface area contributed by atoms with E-state index >= 15 is 0 Å². The van der Waals surface area contributed by atoms with E-state index in [1.165, 1.54) is 17.7 Å². The van der Waals surface area contributed by atoms with Crippen molar-refractivity contribution >= 4 is 26.1 Å². The predicted molar refractivity (Wildman–Crippen MR) is 33.9 cm³/mol. The van der Waals surface area contributed by atoms with Crippen LogP contribution in [0.5, 0.6) is 0 Å². The van der Waals surface area contributed by atoms with Crippen LogP contribution in [0.25, 0.3) is 0 Å². The maximum Gasteiger partial charge on any atom is 0.236 e. The van der Waals surface area contributed by atoms with Crippen LogP contribution >= 0.6 is 0 Å². The third-order valence-corrected chi connectivity index (χ3v) is 2.95. The van der Waals surface area contributed by atoms with E-state index in [1.54, 1.807) is 0 Å². The summed E-state index contributed by atoms with van der Waals surface area (Å²) in [7, 11) is -2.92. The topological polar surface area (TPSA) is 46.5 Å². The minimum absolute atomic E-state index is 1.35. The standard InChI is InChI=1S/C3H3NO2S2/c5-7-3-1-2-4-8(7)6/h1-3H. The summed E-state index contributed by atoms with van der Waals surface area (Å²) < 4.78 is 24.1. The number of hydrogen-bond acceptors (Lipinski definition) is 2. The zero-order valence-corrected chi connectivity index (χ0v) is 5.45. The van der Waals surface area contributed by atoms with Gasteiger partial charge in [-0.1, -0.05) is 0 Å². The van der Waals surface area contributed by atoms with Gasteiger partial charge in [0.25, 0.3) is 0 Å². The molecule has 0 amide bonds. The Bertz CT molecular complexity index is 173. The average molecular weight is 149 g/mol. The molecule has 0 aromatic carbocycles. The number of nitrogens with zero attached hydrogens (tertiary/aromatic N) is 1.